The number of benzene rings is 3. The molecule has 0 radical (unpaired) electrons. The maximum atomic E-state index is 13.4. The third-order valence-corrected chi connectivity index (χ3v) is 7.27. The molecule has 1 heterocycles. The van der Waals surface area contributed by atoms with E-state index in [0.29, 0.717) is 11.6 Å². The van der Waals surface area contributed by atoms with Gasteiger partial charge in [-0.05, 0) is 55.0 Å². The van der Waals surface area contributed by atoms with Crippen LogP contribution in [-0.2, 0) is 17.8 Å². The van der Waals surface area contributed by atoms with E-state index in [1.165, 1.54) is 28.5 Å². The second kappa shape index (κ2) is 9.85. The number of carbonyl (C=O) groups excluding carboxylic acids is 1. The molecule has 1 amide bonds. The molecule has 0 saturated carbocycles. The lowest BCUT2D eigenvalue weighted by atomic mass is 9.88. The Morgan fingerprint density at radius 3 is 2.68 bits per heavy atom. The van der Waals surface area contributed by atoms with Crippen molar-refractivity contribution in [3.05, 3.63) is 105 Å². The molecule has 34 heavy (non-hydrogen) atoms. The highest BCUT2D eigenvalue weighted by molar-refractivity contribution is 7.99. The zero-order valence-corrected chi connectivity index (χ0v) is 20.0. The summed E-state index contributed by atoms with van der Waals surface area (Å²) in [5.74, 6) is 0.0789. The monoisotopic (exact) mass is 469 g/mol. The van der Waals surface area contributed by atoms with Gasteiger partial charge in [-0.1, -0.05) is 78.0 Å². The summed E-state index contributed by atoms with van der Waals surface area (Å²) in [6.45, 7) is 2.50. The van der Waals surface area contributed by atoms with Gasteiger partial charge in [-0.15, -0.1) is 0 Å². The molecule has 1 atom stereocenters. The molecule has 172 valence electrons. The number of nitrogens with one attached hydrogen (secondary N) is 1. The number of para-hydroxylation sites is 2. The van der Waals surface area contributed by atoms with Gasteiger partial charge >= 0.3 is 0 Å². The average Bonchev–Trinajstić information content (AvgIpc) is 2.86. The van der Waals surface area contributed by atoms with E-state index >= 15 is 0 Å². The van der Waals surface area contributed by atoms with Crippen LogP contribution in [-0.4, -0.2) is 21.2 Å². The second-order valence-corrected chi connectivity index (χ2v) is 9.75. The Morgan fingerprint density at radius 1 is 1.06 bits per heavy atom. The molecule has 0 spiro atoms. The number of aromatic nitrogens is 2. The van der Waals surface area contributed by atoms with Gasteiger partial charge in [0.2, 0.25) is 5.91 Å². The minimum absolute atomic E-state index is 0.0285. The summed E-state index contributed by atoms with van der Waals surface area (Å²) in [7, 11) is 0. The van der Waals surface area contributed by atoms with Crippen molar-refractivity contribution in [1.29, 1.82) is 0 Å². The van der Waals surface area contributed by atoms with Gasteiger partial charge in [0.1, 0.15) is 0 Å². The fraction of sp³-hybridized carbons (Fsp3) is 0.250. The molecule has 1 aliphatic rings. The van der Waals surface area contributed by atoms with Crippen LogP contribution < -0.4 is 10.9 Å². The first-order valence-electron chi connectivity index (χ1n) is 11.6. The van der Waals surface area contributed by atoms with E-state index < -0.39 is 0 Å². The Kier molecular flexibility index (Phi) is 6.50. The van der Waals surface area contributed by atoms with Crippen molar-refractivity contribution >= 4 is 28.7 Å². The highest BCUT2D eigenvalue weighted by Crippen LogP contribution is 2.29. The molecule has 5 rings (SSSR count). The first-order valence-corrected chi connectivity index (χ1v) is 12.6. The maximum absolute atomic E-state index is 13.4. The van der Waals surface area contributed by atoms with E-state index in [-0.39, 0.29) is 23.3 Å². The predicted octanol–water partition coefficient (Wildman–Crippen LogP) is 5.04. The number of nitrogens with zero attached hydrogens (tertiary/aromatic N) is 2. The van der Waals surface area contributed by atoms with Crippen LogP contribution in [0.5, 0.6) is 0 Å². The van der Waals surface area contributed by atoms with Crippen molar-refractivity contribution in [2.75, 3.05) is 5.75 Å². The van der Waals surface area contributed by atoms with Crippen LogP contribution in [0.1, 0.15) is 41.1 Å². The Balaban J connectivity index is 1.36. The number of rotatable bonds is 6. The number of fused-ring (bicyclic) bond motifs is 2. The van der Waals surface area contributed by atoms with Crippen LogP contribution in [0, 0.1) is 6.92 Å². The summed E-state index contributed by atoms with van der Waals surface area (Å²) >= 11 is 1.21. The highest BCUT2D eigenvalue weighted by Gasteiger charge is 2.22. The summed E-state index contributed by atoms with van der Waals surface area (Å²) < 4.78 is 1.75. The lowest BCUT2D eigenvalue weighted by Crippen LogP contribution is -2.32. The molecule has 1 N–H and O–H groups in total. The van der Waals surface area contributed by atoms with E-state index in [2.05, 4.69) is 22.4 Å². The molecule has 0 aliphatic heterocycles. The van der Waals surface area contributed by atoms with Gasteiger partial charge in [0.15, 0.2) is 5.03 Å². The number of aryl methyl sites for hydroxylation is 2. The van der Waals surface area contributed by atoms with Gasteiger partial charge < -0.3 is 5.32 Å². The van der Waals surface area contributed by atoms with E-state index in [4.69, 9.17) is 0 Å². The number of thioether (sulfide) groups is 1. The van der Waals surface area contributed by atoms with Crippen molar-refractivity contribution in [3.8, 4) is 0 Å². The van der Waals surface area contributed by atoms with Crippen LogP contribution in [0.4, 0.5) is 0 Å². The van der Waals surface area contributed by atoms with Crippen LogP contribution in [0.3, 0.4) is 0 Å². The number of hydrogen-bond acceptors (Lipinski definition) is 4. The largest absolute Gasteiger partial charge is 0.349 e. The average molecular weight is 470 g/mol. The van der Waals surface area contributed by atoms with E-state index in [0.717, 1.165) is 35.9 Å². The second-order valence-electron chi connectivity index (χ2n) is 8.78. The Hall–Kier alpha value is -3.38. The molecule has 0 unspecified atom stereocenters. The molecule has 0 fully saturated rings. The fourth-order valence-electron chi connectivity index (χ4n) is 4.57. The lowest BCUT2D eigenvalue weighted by molar-refractivity contribution is -0.119. The molecule has 0 bridgehead atoms. The normalized spacial score (nSPS) is 15.1. The first kappa shape index (κ1) is 22.4. The Morgan fingerprint density at radius 2 is 1.82 bits per heavy atom. The topological polar surface area (TPSA) is 64.0 Å². The van der Waals surface area contributed by atoms with Crippen LogP contribution >= 0.6 is 11.8 Å². The van der Waals surface area contributed by atoms with E-state index in [9.17, 15) is 9.59 Å². The molecule has 1 aliphatic carbocycles. The number of amides is 1. The van der Waals surface area contributed by atoms with Gasteiger partial charge in [-0.25, -0.2) is 4.98 Å². The quantitative estimate of drug-likeness (QED) is 0.402. The third-order valence-electron chi connectivity index (χ3n) is 6.33. The van der Waals surface area contributed by atoms with E-state index in [1.807, 2.05) is 67.6 Å². The molecule has 1 aromatic heterocycles. The summed E-state index contributed by atoms with van der Waals surface area (Å²) in [6, 6.07) is 24.2. The summed E-state index contributed by atoms with van der Waals surface area (Å²) in [5.41, 5.74) is 6.12. The summed E-state index contributed by atoms with van der Waals surface area (Å²) in [4.78, 5) is 30.8. The molecular weight excluding hydrogens is 442 g/mol. The van der Waals surface area contributed by atoms with Crippen molar-refractivity contribution < 1.29 is 4.79 Å². The zero-order chi connectivity index (χ0) is 23.5. The fourth-order valence-corrected chi connectivity index (χ4v) is 5.32. The molecule has 0 saturated heterocycles. The van der Waals surface area contributed by atoms with Gasteiger partial charge in [0.25, 0.3) is 5.56 Å². The zero-order valence-electron chi connectivity index (χ0n) is 19.2. The van der Waals surface area contributed by atoms with E-state index in [1.54, 1.807) is 4.57 Å². The van der Waals surface area contributed by atoms with Gasteiger partial charge in [0, 0.05) is 0 Å². The van der Waals surface area contributed by atoms with Crippen molar-refractivity contribution in [3.63, 3.8) is 0 Å². The molecule has 3 aromatic carbocycles. The highest BCUT2D eigenvalue weighted by atomic mass is 32.2. The SMILES string of the molecule is Cc1ccc(Cn2c(=O)c(SCC(=O)N[C@H]3CCCc4ccccc43)nc3ccccc32)cc1. The van der Waals surface area contributed by atoms with Crippen molar-refractivity contribution in [2.24, 2.45) is 0 Å². The van der Waals surface area contributed by atoms with Gasteiger partial charge in [0.05, 0.1) is 29.4 Å². The van der Waals surface area contributed by atoms with Gasteiger partial charge in [-0.2, -0.15) is 0 Å². The standard InChI is InChI=1S/C28H27N3O2S/c1-19-13-15-20(16-14-19)17-31-25-12-5-4-10-24(25)30-27(28(31)33)34-18-26(32)29-23-11-6-8-21-7-2-3-9-22(21)23/h2-5,7,9-10,12-16,23H,6,8,11,17-18H2,1H3,(H,29,32)/t23-/m0/s1. The lowest BCUT2D eigenvalue weighted by Gasteiger charge is -2.26. The van der Waals surface area contributed by atoms with Gasteiger partial charge in [-0.3, -0.25) is 14.2 Å². The minimum atomic E-state index is -0.167. The van der Waals surface area contributed by atoms with Crippen molar-refractivity contribution in [2.45, 2.75) is 43.8 Å². The first-order chi connectivity index (χ1) is 16.6. The number of carbonyl (C=O) groups is 1. The molecule has 5 nitrogen and oxygen atoms in total. The molecule has 4 aromatic rings. The van der Waals surface area contributed by atoms with Crippen LogP contribution in [0.25, 0.3) is 11.0 Å². The maximum Gasteiger partial charge on any atom is 0.283 e. The molecular formula is C28H27N3O2S. The van der Waals surface area contributed by atoms with Crippen LogP contribution in [0.2, 0.25) is 0 Å². The van der Waals surface area contributed by atoms with Crippen LogP contribution in [0.15, 0.2) is 82.6 Å². The molecule has 6 heteroatoms. The summed E-state index contributed by atoms with van der Waals surface area (Å²) in [5, 5.41) is 3.52. The number of hydrogen-bond donors (Lipinski definition) is 1. The third kappa shape index (κ3) is 4.77. The Labute approximate surface area is 203 Å². The predicted molar refractivity (Wildman–Crippen MR) is 137 cm³/mol. The summed E-state index contributed by atoms with van der Waals surface area (Å²) in [6.07, 6.45) is 3.05. The Bertz CT molecular complexity index is 1400. The smallest absolute Gasteiger partial charge is 0.283 e. The van der Waals surface area contributed by atoms with Crippen molar-refractivity contribution in [1.82, 2.24) is 14.9 Å². The minimum Gasteiger partial charge on any atom is -0.349 e.